The quantitative estimate of drug-likeness (QED) is 0.920. The van der Waals surface area contributed by atoms with Gasteiger partial charge >= 0.3 is 0 Å². The summed E-state index contributed by atoms with van der Waals surface area (Å²) in [6.07, 6.45) is 7.88. The van der Waals surface area contributed by atoms with Crippen LogP contribution in [0, 0.1) is 5.92 Å². The van der Waals surface area contributed by atoms with Crippen molar-refractivity contribution in [2.75, 3.05) is 38.2 Å². The lowest BCUT2D eigenvalue weighted by Crippen LogP contribution is -2.33. The summed E-state index contributed by atoms with van der Waals surface area (Å²) in [4.78, 5) is 2.58. The maximum atomic E-state index is 5.45. The van der Waals surface area contributed by atoms with E-state index in [1.165, 1.54) is 69.4 Å². The van der Waals surface area contributed by atoms with Gasteiger partial charge in [-0.25, -0.2) is 0 Å². The first-order valence-electron chi connectivity index (χ1n) is 8.49. The summed E-state index contributed by atoms with van der Waals surface area (Å²) in [5.41, 5.74) is 2.92. The molecule has 0 aromatic heterocycles. The van der Waals surface area contributed by atoms with Crippen LogP contribution in [0.15, 0.2) is 18.2 Å². The maximum Gasteiger partial charge on any atom is 0.119 e. The summed E-state index contributed by atoms with van der Waals surface area (Å²) in [5, 5.41) is 3.54. The molecule has 3 rings (SSSR count). The molecular weight excluding hydrogens is 260 g/mol. The Bertz CT molecular complexity index is 449. The van der Waals surface area contributed by atoms with Gasteiger partial charge in [0.25, 0.3) is 0 Å². The Labute approximate surface area is 128 Å². The van der Waals surface area contributed by atoms with E-state index in [0.29, 0.717) is 0 Å². The largest absolute Gasteiger partial charge is 0.497 e. The molecule has 2 saturated heterocycles. The second-order valence-corrected chi connectivity index (χ2v) is 6.46. The van der Waals surface area contributed by atoms with E-state index in [0.717, 1.165) is 18.2 Å². The number of nitrogens with zero attached hydrogens (tertiary/aromatic N) is 1. The van der Waals surface area contributed by atoms with Crippen molar-refractivity contribution >= 4 is 5.69 Å². The molecule has 0 spiro atoms. The molecule has 0 aliphatic carbocycles. The minimum Gasteiger partial charge on any atom is -0.497 e. The van der Waals surface area contributed by atoms with Crippen LogP contribution in [0.25, 0.3) is 0 Å². The average Bonchev–Trinajstić information content (AvgIpc) is 2.56. The normalized spacial score (nSPS) is 23.1. The number of hydrogen-bond donors (Lipinski definition) is 1. The molecule has 1 aromatic rings. The van der Waals surface area contributed by atoms with Gasteiger partial charge in [0.2, 0.25) is 0 Å². The number of nitrogens with one attached hydrogen (secondary N) is 1. The minimum absolute atomic E-state index is 0.773. The van der Waals surface area contributed by atoms with Crippen molar-refractivity contribution in [3.05, 3.63) is 23.8 Å². The van der Waals surface area contributed by atoms with E-state index >= 15 is 0 Å². The van der Waals surface area contributed by atoms with Crippen LogP contribution >= 0.6 is 0 Å². The number of ether oxygens (including phenoxy) is 1. The fourth-order valence-electron chi connectivity index (χ4n) is 3.70. The molecule has 1 aromatic carbocycles. The van der Waals surface area contributed by atoms with Crippen molar-refractivity contribution in [3.63, 3.8) is 0 Å². The summed E-state index contributed by atoms with van der Waals surface area (Å²) in [6, 6.07) is 6.65. The molecule has 0 radical (unpaired) electrons. The highest BCUT2D eigenvalue weighted by Gasteiger charge is 2.19. The summed E-state index contributed by atoms with van der Waals surface area (Å²) >= 11 is 0. The van der Waals surface area contributed by atoms with Crippen LogP contribution in [-0.4, -0.2) is 33.3 Å². The van der Waals surface area contributed by atoms with E-state index < -0.39 is 0 Å². The second-order valence-electron chi connectivity index (χ2n) is 6.46. The number of benzene rings is 1. The highest BCUT2D eigenvalue weighted by molar-refractivity contribution is 5.57. The average molecular weight is 288 g/mol. The molecule has 2 fully saturated rings. The van der Waals surface area contributed by atoms with Gasteiger partial charge in [-0.15, -0.1) is 0 Å². The fourth-order valence-corrected chi connectivity index (χ4v) is 3.70. The van der Waals surface area contributed by atoms with E-state index in [-0.39, 0.29) is 0 Å². The zero-order valence-electron chi connectivity index (χ0n) is 13.2. The van der Waals surface area contributed by atoms with Gasteiger partial charge in [0.1, 0.15) is 5.75 Å². The summed E-state index contributed by atoms with van der Waals surface area (Å²) in [7, 11) is 1.77. The van der Waals surface area contributed by atoms with E-state index in [4.69, 9.17) is 4.74 Å². The number of hydrogen-bond acceptors (Lipinski definition) is 3. The topological polar surface area (TPSA) is 24.5 Å². The third kappa shape index (κ3) is 3.70. The van der Waals surface area contributed by atoms with E-state index in [9.17, 15) is 0 Å². The van der Waals surface area contributed by atoms with Crippen molar-refractivity contribution in [2.24, 2.45) is 5.92 Å². The molecule has 3 heteroatoms. The number of rotatable bonds is 4. The Morgan fingerprint density at radius 3 is 2.76 bits per heavy atom. The molecule has 1 atom stereocenters. The second kappa shape index (κ2) is 7.17. The zero-order valence-corrected chi connectivity index (χ0v) is 13.2. The lowest BCUT2D eigenvalue weighted by Gasteiger charge is -2.32. The molecule has 2 aliphatic rings. The Hall–Kier alpha value is -1.22. The fraction of sp³-hybridized carbons (Fsp3) is 0.667. The predicted octanol–water partition coefficient (Wildman–Crippen LogP) is 3.23. The van der Waals surface area contributed by atoms with Gasteiger partial charge in [0.15, 0.2) is 0 Å². The molecule has 1 N–H and O–H groups in total. The number of anilines is 1. The van der Waals surface area contributed by atoms with Crippen LogP contribution < -0.4 is 15.0 Å². The first-order chi connectivity index (χ1) is 10.4. The minimum atomic E-state index is 0.773. The summed E-state index contributed by atoms with van der Waals surface area (Å²) < 4.78 is 5.45. The van der Waals surface area contributed by atoms with Gasteiger partial charge in [-0.2, -0.15) is 0 Å². The standard InChI is InChI=1S/C18H28N2O/c1-21-17-7-8-18(20-10-3-2-4-11-20)16(13-17)12-15-6-5-9-19-14-15/h7-8,13,15,19H,2-6,9-12,14H2,1H3. The van der Waals surface area contributed by atoms with Gasteiger partial charge in [0, 0.05) is 18.8 Å². The molecule has 2 aliphatic heterocycles. The maximum absolute atomic E-state index is 5.45. The Morgan fingerprint density at radius 2 is 2.05 bits per heavy atom. The third-order valence-electron chi connectivity index (χ3n) is 4.89. The van der Waals surface area contributed by atoms with Gasteiger partial charge in [-0.1, -0.05) is 0 Å². The first kappa shape index (κ1) is 14.7. The van der Waals surface area contributed by atoms with Crippen molar-refractivity contribution in [1.29, 1.82) is 0 Å². The first-order valence-corrected chi connectivity index (χ1v) is 8.49. The Kier molecular flexibility index (Phi) is 5.02. The summed E-state index contributed by atoms with van der Waals surface area (Å²) in [5.74, 6) is 1.77. The van der Waals surface area contributed by atoms with Crippen molar-refractivity contribution in [1.82, 2.24) is 5.32 Å². The van der Waals surface area contributed by atoms with Crippen LogP contribution in [0.4, 0.5) is 5.69 Å². The van der Waals surface area contributed by atoms with Crippen molar-refractivity contribution in [3.8, 4) is 5.75 Å². The van der Waals surface area contributed by atoms with E-state index in [2.05, 4.69) is 28.4 Å². The molecule has 2 heterocycles. The molecule has 1 unspecified atom stereocenters. The molecule has 116 valence electrons. The molecule has 3 nitrogen and oxygen atoms in total. The van der Waals surface area contributed by atoms with Crippen molar-refractivity contribution in [2.45, 2.75) is 38.5 Å². The van der Waals surface area contributed by atoms with Gasteiger partial charge in [-0.3, -0.25) is 0 Å². The number of methoxy groups -OCH3 is 1. The van der Waals surface area contributed by atoms with E-state index in [1.807, 2.05) is 0 Å². The lowest BCUT2D eigenvalue weighted by atomic mass is 9.91. The highest BCUT2D eigenvalue weighted by atomic mass is 16.5. The predicted molar refractivity (Wildman–Crippen MR) is 88.4 cm³/mol. The van der Waals surface area contributed by atoms with Gasteiger partial charge < -0.3 is 15.0 Å². The molecule has 0 saturated carbocycles. The Morgan fingerprint density at radius 1 is 1.19 bits per heavy atom. The zero-order chi connectivity index (χ0) is 14.5. The lowest BCUT2D eigenvalue weighted by molar-refractivity contribution is 0.374. The molecule has 0 amide bonds. The summed E-state index contributed by atoms with van der Waals surface area (Å²) in [6.45, 7) is 4.77. The molecule has 0 bridgehead atoms. The van der Waals surface area contributed by atoms with Gasteiger partial charge in [0.05, 0.1) is 7.11 Å². The number of piperidine rings is 2. The van der Waals surface area contributed by atoms with Crippen molar-refractivity contribution < 1.29 is 4.74 Å². The van der Waals surface area contributed by atoms with Crippen LogP contribution in [0.5, 0.6) is 5.75 Å². The SMILES string of the molecule is COc1ccc(N2CCCCC2)c(CC2CCCNC2)c1. The van der Waals surface area contributed by atoms with Crippen LogP contribution in [0.2, 0.25) is 0 Å². The smallest absolute Gasteiger partial charge is 0.119 e. The van der Waals surface area contributed by atoms with Crippen LogP contribution in [0.3, 0.4) is 0 Å². The molecule has 21 heavy (non-hydrogen) atoms. The Balaban J connectivity index is 1.80. The van der Waals surface area contributed by atoms with Crippen LogP contribution in [0.1, 0.15) is 37.7 Å². The van der Waals surface area contributed by atoms with Gasteiger partial charge in [-0.05, 0) is 81.3 Å². The van der Waals surface area contributed by atoms with Crippen LogP contribution in [-0.2, 0) is 6.42 Å². The molecular formula is C18H28N2O. The highest BCUT2D eigenvalue weighted by Crippen LogP contribution is 2.31. The third-order valence-corrected chi connectivity index (χ3v) is 4.89. The monoisotopic (exact) mass is 288 g/mol. The van der Waals surface area contributed by atoms with E-state index in [1.54, 1.807) is 7.11 Å².